The van der Waals surface area contributed by atoms with Crippen molar-refractivity contribution in [1.82, 2.24) is 4.98 Å². The highest BCUT2D eigenvalue weighted by atomic mass is 19.4. The van der Waals surface area contributed by atoms with E-state index in [1.54, 1.807) is 25.1 Å². The molecule has 0 unspecified atom stereocenters. The second kappa shape index (κ2) is 5.75. The molecule has 3 nitrogen and oxygen atoms in total. The standard InChI is InChI=1S/C15H10F3N3/c1-10-4-2-7-13(20-10)14(9-19)21-12-6-3-5-11(8-12)15(16,17)18/h2-8H,1H3. The number of nitrogens with zero attached hydrogens (tertiary/aromatic N) is 3. The topological polar surface area (TPSA) is 49.0 Å². The Morgan fingerprint density at radius 3 is 2.52 bits per heavy atom. The second-order valence-corrected chi connectivity index (χ2v) is 4.28. The summed E-state index contributed by atoms with van der Waals surface area (Å²) in [4.78, 5) is 8.09. The monoisotopic (exact) mass is 289 g/mol. The van der Waals surface area contributed by atoms with E-state index >= 15 is 0 Å². The number of hydrogen-bond donors (Lipinski definition) is 0. The smallest absolute Gasteiger partial charge is 0.251 e. The lowest BCUT2D eigenvalue weighted by molar-refractivity contribution is -0.137. The van der Waals surface area contributed by atoms with Gasteiger partial charge in [-0.15, -0.1) is 0 Å². The van der Waals surface area contributed by atoms with Gasteiger partial charge in [-0.05, 0) is 37.3 Å². The molecule has 0 saturated carbocycles. The first-order valence-corrected chi connectivity index (χ1v) is 6.00. The maximum absolute atomic E-state index is 12.6. The Balaban J connectivity index is 2.44. The first-order chi connectivity index (χ1) is 9.90. The summed E-state index contributed by atoms with van der Waals surface area (Å²) >= 11 is 0. The van der Waals surface area contributed by atoms with Crippen molar-refractivity contribution in [3.05, 3.63) is 59.4 Å². The molecule has 0 saturated heterocycles. The van der Waals surface area contributed by atoms with E-state index in [1.165, 1.54) is 12.1 Å². The van der Waals surface area contributed by atoms with Crippen LogP contribution in [0.15, 0.2) is 47.5 Å². The van der Waals surface area contributed by atoms with E-state index in [2.05, 4.69) is 9.98 Å². The minimum Gasteiger partial charge on any atom is -0.251 e. The van der Waals surface area contributed by atoms with Gasteiger partial charge in [0.25, 0.3) is 0 Å². The number of alkyl halides is 3. The van der Waals surface area contributed by atoms with Gasteiger partial charge in [0, 0.05) is 5.69 Å². The Bertz CT molecular complexity index is 727. The van der Waals surface area contributed by atoms with E-state index in [-0.39, 0.29) is 11.4 Å². The summed E-state index contributed by atoms with van der Waals surface area (Å²) in [6, 6.07) is 11.4. The predicted octanol–water partition coefficient (Wildman–Crippen LogP) is 4.05. The molecular weight excluding hydrogens is 279 g/mol. The molecule has 0 atom stereocenters. The van der Waals surface area contributed by atoms with Crippen LogP contribution < -0.4 is 0 Å². The molecule has 106 valence electrons. The van der Waals surface area contributed by atoms with Gasteiger partial charge in [-0.2, -0.15) is 18.4 Å². The zero-order valence-corrected chi connectivity index (χ0v) is 11.0. The number of benzene rings is 1. The fourth-order valence-corrected chi connectivity index (χ4v) is 1.70. The van der Waals surface area contributed by atoms with Crippen molar-refractivity contribution in [2.24, 2.45) is 4.99 Å². The minimum absolute atomic E-state index is 0.0296. The molecule has 6 heteroatoms. The van der Waals surface area contributed by atoms with Gasteiger partial charge in [0.2, 0.25) is 0 Å². The average Bonchev–Trinajstić information content (AvgIpc) is 2.44. The maximum Gasteiger partial charge on any atom is 0.416 e. The lowest BCUT2D eigenvalue weighted by Gasteiger charge is -2.06. The molecule has 0 spiro atoms. The molecule has 0 bridgehead atoms. The molecule has 2 aromatic rings. The molecule has 1 aromatic carbocycles. The highest BCUT2D eigenvalue weighted by molar-refractivity contribution is 6.11. The molecule has 1 aromatic heterocycles. The van der Waals surface area contributed by atoms with Crippen LogP contribution in [0.1, 0.15) is 17.0 Å². The molecule has 2 rings (SSSR count). The zero-order valence-electron chi connectivity index (χ0n) is 11.0. The van der Waals surface area contributed by atoms with Crippen LogP contribution in [0.5, 0.6) is 0 Å². The van der Waals surface area contributed by atoms with Crippen molar-refractivity contribution in [2.75, 3.05) is 0 Å². The Kier molecular flexibility index (Phi) is 4.03. The van der Waals surface area contributed by atoms with Crippen LogP contribution in [0.3, 0.4) is 0 Å². The summed E-state index contributed by atoms with van der Waals surface area (Å²) in [6.07, 6.45) is -4.44. The Hall–Kier alpha value is -2.68. The molecule has 0 radical (unpaired) electrons. The summed E-state index contributed by atoms with van der Waals surface area (Å²) in [5, 5.41) is 9.12. The summed E-state index contributed by atoms with van der Waals surface area (Å²) in [6.45, 7) is 1.75. The third-order valence-electron chi connectivity index (χ3n) is 2.65. The van der Waals surface area contributed by atoms with Gasteiger partial charge in [-0.3, -0.25) is 4.98 Å². The molecule has 0 aliphatic rings. The lowest BCUT2D eigenvalue weighted by atomic mass is 10.2. The zero-order chi connectivity index (χ0) is 15.5. The third-order valence-corrected chi connectivity index (χ3v) is 2.65. The molecule has 21 heavy (non-hydrogen) atoms. The summed E-state index contributed by atoms with van der Waals surface area (Å²) in [7, 11) is 0. The summed E-state index contributed by atoms with van der Waals surface area (Å²) in [5.74, 6) is 0. The molecule has 0 N–H and O–H groups in total. The van der Waals surface area contributed by atoms with Gasteiger partial charge in [-0.25, -0.2) is 4.99 Å². The van der Waals surface area contributed by atoms with Crippen LogP contribution in [0.2, 0.25) is 0 Å². The van der Waals surface area contributed by atoms with Crippen LogP contribution in [-0.4, -0.2) is 10.7 Å². The number of halogens is 3. The van der Waals surface area contributed by atoms with Gasteiger partial charge >= 0.3 is 6.18 Å². The SMILES string of the molecule is Cc1cccc(C(C#N)=Nc2cccc(C(F)(F)F)c2)n1. The van der Waals surface area contributed by atoms with Gasteiger partial charge in [-0.1, -0.05) is 12.1 Å². The van der Waals surface area contributed by atoms with Crippen LogP contribution in [0, 0.1) is 18.3 Å². The number of aryl methyl sites for hydroxylation is 1. The summed E-state index contributed by atoms with van der Waals surface area (Å²) < 4.78 is 37.9. The number of rotatable bonds is 2. The fraction of sp³-hybridized carbons (Fsp3) is 0.133. The molecule has 0 aliphatic heterocycles. The number of pyridine rings is 1. The Labute approximate surface area is 119 Å². The largest absolute Gasteiger partial charge is 0.416 e. The fourth-order valence-electron chi connectivity index (χ4n) is 1.70. The van der Waals surface area contributed by atoms with Crippen molar-refractivity contribution in [1.29, 1.82) is 5.26 Å². The molecule has 0 fully saturated rings. The van der Waals surface area contributed by atoms with E-state index in [0.717, 1.165) is 12.1 Å². The molecular formula is C15H10F3N3. The quantitative estimate of drug-likeness (QED) is 0.783. The second-order valence-electron chi connectivity index (χ2n) is 4.28. The minimum atomic E-state index is -4.44. The first kappa shape index (κ1) is 14.7. The maximum atomic E-state index is 12.6. The van der Waals surface area contributed by atoms with E-state index in [4.69, 9.17) is 5.26 Å². The van der Waals surface area contributed by atoms with Gasteiger partial charge in [0.1, 0.15) is 6.07 Å². The van der Waals surface area contributed by atoms with Crippen LogP contribution in [0.25, 0.3) is 0 Å². The van der Waals surface area contributed by atoms with Crippen LogP contribution in [-0.2, 0) is 6.18 Å². The Morgan fingerprint density at radius 1 is 1.19 bits per heavy atom. The van der Waals surface area contributed by atoms with Gasteiger partial charge < -0.3 is 0 Å². The van der Waals surface area contributed by atoms with Gasteiger partial charge in [0.05, 0.1) is 16.9 Å². The van der Waals surface area contributed by atoms with Gasteiger partial charge in [0.15, 0.2) is 5.71 Å². The van der Waals surface area contributed by atoms with Crippen LogP contribution in [0.4, 0.5) is 18.9 Å². The average molecular weight is 289 g/mol. The van der Waals surface area contributed by atoms with Crippen molar-refractivity contribution in [2.45, 2.75) is 13.1 Å². The molecule has 0 aliphatic carbocycles. The lowest BCUT2D eigenvalue weighted by Crippen LogP contribution is -2.04. The van der Waals surface area contributed by atoms with E-state index in [1.807, 2.05) is 6.07 Å². The van der Waals surface area contributed by atoms with Crippen molar-refractivity contribution >= 4 is 11.4 Å². The number of aliphatic imine (C=N–C) groups is 1. The third kappa shape index (κ3) is 3.66. The van der Waals surface area contributed by atoms with E-state index < -0.39 is 11.7 Å². The first-order valence-electron chi connectivity index (χ1n) is 6.00. The van der Waals surface area contributed by atoms with Crippen molar-refractivity contribution in [3.8, 4) is 6.07 Å². The van der Waals surface area contributed by atoms with E-state index in [0.29, 0.717) is 11.4 Å². The number of hydrogen-bond acceptors (Lipinski definition) is 3. The Morgan fingerprint density at radius 2 is 1.90 bits per heavy atom. The summed E-state index contributed by atoms with van der Waals surface area (Å²) in [5.41, 5.74) is 0.246. The number of aromatic nitrogens is 1. The highest BCUT2D eigenvalue weighted by Crippen LogP contribution is 2.31. The molecule has 0 amide bonds. The number of nitriles is 1. The van der Waals surface area contributed by atoms with E-state index in [9.17, 15) is 13.2 Å². The van der Waals surface area contributed by atoms with Crippen molar-refractivity contribution in [3.63, 3.8) is 0 Å². The predicted molar refractivity (Wildman–Crippen MR) is 72.2 cm³/mol. The van der Waals surface area contributed by atoms with Crippen molar-refractivity contribution < 1.29 is 13.2 Å². The highest BCUT2D eigenvalue weighted by Gasteiger charge is 2.30. The van der Waals surface area contributed by atoms with Crippen LogP contribution >= 0.6 is 0 Å². The molecule has 1 heterocycles. The normalized spacial score (nSPS) is 12.0.